The molecule has 0 radical (unpaired) electrons. The molecule has 0 aliphatic carbocycles. The number of aromatic nitrogens is 1. The van der Waals surface area contributed by atoms with Crippen molar-refractivity contribution >= 4 is 39.7 Å². The monoisotopic (exact) mass is 311 g/mol. The van der Waals surface area contributed by atoms with Crippen molar-refractivity contribution in [1.82, 2.24) is 4.98 Å². The van der Waals surface area contributed by atoms with Crippen molar-refractivity contribution in [3.8, 4) is 5.75 Å². The van der Waals surface area contributed by atoms with Crippen LogP contribution in [0.5, 0.6) is 5.75 Å². The van der Waals surface area contributed by atoms with Crippen LogP contribution in [0.1, 0.15) is 20.9 Å². The molecule has 0 saturated carbocycles. The van der Waals surface area contributed by atoms with E-state index < -0.39 is 5.97 Å². The fourth-order valence-electron chi connectivity index (χ4n) is 2.03. The Bertz CT molecular complexity index is 850. The molecular formula is C17H13NO3S. The van der Waals surface area contributed by atoms with Crippen LogP contribution in [0.15, 0.2) is 42.5 Å². The SMILES string of the molecule is COc1ccc2nc(C=Cc3ccc(C(=O)O)cc3)sc2c1. The quantitative estimate of drug-likeness (QED) is 0.785. The molecule has 3 rings (SSSR count). The van der Waals surface area contributed by atoms with Gasteiger partial charge in [0.05, 0.1) is 22.9 Å². The summed E-state index contributed by atoms with van der Waals surface area (Å²) < 4.78 is 6.27. The van der Waals surface area contributed by atoms with Gasteiger partial charge in [0.25, 0.3) is 0 Å². The second-order valence-corrected chi connectivity index (χ2v) is 5.71. The maximum atomic E-state index is 10.8. The Morgan fingerprint density at radius 3 is 2.64 bits per heavy atom. The summed E-state index contributed by atoms with van der Waals surface area (Å²) in [7, 11) is 1.64. The minimum atomic E-state index is -0.921. The highest BCUT2D eigenvalue weighted by molar-refractivity contribution is 7.19. The average molecular weight is 311 g/mol. The largest absolute Gasteiger partial charge is 0.497 e. The predicted octanol–water partition coefficient (Wildman–Crippen LogP) is 4.17. The van der Waals surface area contributed by atoms with Gasteiger partial charge in [0.2, 0.25) is 0 Å². The van der Waals surface area contributed by atoms with E-state index in [1.54, 1.807) is 42.7 Å². The molecule has 0 aliphatic rings. The second-order valence-electron chi connectivity index (χ2n) is 4.65. The van der Waals surface area contributed by atoms with Crippen molar-refractivity contribution < 1.29 is 14.6 Å². The van der Waals surface area contributed by atoms with E-state index in [1.807, 2.05) is 30.4 Å². The van der Waals surface area contributed by atoms with Crippen LogP contribution in [-0.4, -0.2) is 23.2 Å². The van der Waals surface area contributed by atoms with Crippen LogP contribution in [0.3, 0.4) is 0 Å². The molecule has 0 bridgehead atoms. The number of fused-ring (bicyclic) bond motifs is 1. The Balaban J connectivity index is 1.84. The highest BCUT2D eigenvalue weighted by Gasteiger charge is 2.03. The summed E-state index contributed by atoms with van der Waals surface area (Å²) in [4.78, 5) is 15.3. The zero-order valence-electron chi connectivity index (χ0n) is 11.8. The third-order valence-corrected chi connectivity index (χ3v) is 4.17. The lowest BCUT2D eigenvalue weighted by atomic mass is 10.1. The zero-order chi connectivity index (χ0) is 15.5. The highest BCUT2D eigenvalue weighted by Crippen LogP contribution is 2.27. The summed E-state index contributed by atoms with van der Waals surface area (Å²) in [6.07, 6.45) is 3.84. The van der Waals surface area contributed by atoms with Gasteiger partial charge in [0.15, 0.2) is 0 Å². The molecule has 0 aliphatic heterocycles. The average Bonchev–Trinajstić information content (AvgIpc) is 2.95. The standard InChI is InChI=1S/C17H13NO3S/c1-21-13-7-8-14-15(10-13)22-16(18-14)9-4-11-2-5-12(6-3-11)17(19)20/h2-10H,1H3,(H,19,20). The molecule has 4 nitrogen and oxygen atoms in total. The zero-order valence-corrected chi connectivity index (χ0v) is 12.6. The van der Waals surface area contributed by atoms with E-state index in [2.05, 4.69) is 4.98 Å². The second kappa shape index (κ2) is 5.99. The molecule has 0 amide bonds. The molecule has 0 spiro atoms. The third kappa shape index (κ3) is 2.99. The smallest absolute Gasteiger partial charge is 0.335 e. The summed E-state index contributed by atoms with van der Waals surface area (Å²) in [6, 6.07) is 12.5. The van der Waals surface area contributed by atoms with Gasteiger partial charge in [-0.1, -0.05) is 18.2 Å². The van der Waals surface area contributed by atoms with Crippen molar-refractivity contribution in [3.05, 3.63) is 58.6 Å². The molecule has 5 heteroatoms. The Hall–Kier alpha value is -2.66. The van der Waals surface area contributed by atoms with Crippen LogP contribution < -0.4 is 4.74 Å². The van der Waals surface area contributed by atoms with E-state index in [-0.39, 0.29) is 5.56 Å². The minimum absolute atomic E-state index is 0.282. The van der Waals surface area contributed by atoms with Crippen LogP contribution in [0.2, 0.25) is 0 Å². The molecule has 1 N–H and O–H groups in total. The van der Waals surface area contributed by atoms with Crippen LogP contribution >= 0.6 is 11.3 Å². The number of carbonyl (C=O) groups is 1. The molecule has 0 atom stereocenters. The lowest BCUT2D eigenvalue weighted by Crippen LogP contribution is -1.94. The molecule has 1 aromatic heterocycles. The van der Waals surface area contributed by atoms with Gasteiger partial charge in [-0.15, -0.1) is 11.3 Å². The van der Waals surface area contributed by atoms with Gasteiger partial charge in [-0.3, -0.25) is 0 Å². The number of carboxylic acid groups (broad SMARTS) is 1. The molecule has 22 heavy (non-hydrogen) atoms. The van der Waals surface area contributed by atoms with Gasteiger partial charge in [-0.2, -0.15) is 0 Å². The summed E-state index contributed by atoms with van der Waals surface area (Å²) in [5.74, 6) is -0.105. The number of aromatic carboxylic acids is 1. The number of carboxylic acids is 1. The van der Waals surface area contributed by atoms with E-state index in [0.29, 0.717) is 0 Å². The first-order valence-electron chi connectivity index (χ1n) is 6.62. The van der Waals surface area contributed by atoms with Gasteiger partial charge in [0, 0.05) is 0 Å². The number of hydrogen-bond acceptors (Lipinski definition) is 4. The lowest BCUT2D eigenvalue weighted by Gasteiger charge is -1.96. The van der Waals surface area contributed by atoms with E-state index in [9.17, 15) is 4.79 Å². The fourth-order valence-corrected chi connectivity index (χ4v) is 2.92. The topological polar surface area (TPSA) is 59.4 Å². The third-order valence-electron chi connectivity index (χ3n) is 3.19. The predicted molar refractivity (Wildman–Crippen MR) is 88.5 cm³/mol. The fraction of sp³-hybridized carbons (Fsp3) is 0.0588. The molecule has 1 heterocycles. The summed E-state index contributed by atoms with van der Waals surface area (Å²) in [5, 5.41) is 9.76. The lowest BCUT2D eigenvalue weighted by molar-refractivity contribution is 0.0697. The number of ether oxygens (including phenoxy) is 1. The molecule has 3 aromatic rings. The highest BCUT2D eigenvalue weighted by atomic mass is 32.1. The Labute approximate surface area is 131 Å². The Morgan fingerprint density at radius 2 is 1.95 bits per heavy atom. The van der Waals surface area contributed by atoms with E-state index in [1.165, 1.54) is 0 Å². The number of nitrogens with zero attached hydrogens (tertiary/aromatic N) is 1. The van der Waals surface area contributed by atoms with Crippen LogP contribution in [0.4, 0.5) is 0 Å². The number of thiazole rings is 1. The summed E-state index contributed by atoms with van der Waals surface area (Å²) in [5.41, 5.74) is 2.15. The minimum Gasteiger partial charge on any atom is -0.497 e. The van der Waals surface area contributed by atoms with Crippen LogP contribution in [-0.2, 0) is 0 Å². The Morgan fingerprint density at radius 1 is 1.18 bits per heavy atom. The van der Waals surface area contributed by atoms with Crippen molar-refractivity contribution in [2.75, 3.05) is 7.11 Å². The normalized spacial score (nSPS) is 11.1. The first-order valence-corrected chi connectivity index (χ1v) is 7.43. The van der Waals surface area contributed by atoms with Gasteiger partial charge < -0.3 is 9.84 Å². The molecule has 0 unspecified atom stereocenters. The van der Waals surface area contributed by atoms with Gasteiger partial charge in [0.1, 0.15) is 10.8 Å². The number of rotatable bonds is 4. The molecule has 0 saturated heterocycles. The van der Waals surface area contributed by atoms with Gasteiger partial charge in [-0.05, 0) is 42.0 Å². The maximum absolute atomic E-state index is 10.8. The van der Waals surface area contributed by atoms with Crippen LogP contribution in [0.25, 0.3) is 22.4 Å². The number of methoxy groups -OCH3 is 1. The molecule has 0 fully saturated rings. The molecule has 2 aromatic carbocycles. The summed E-state index contributed by atoms with van der Waals surface area (Å²) in [6.45, 7) is 0. The number of benzene rings is 2. The van der Waals surface area contributed by atoms with Gasteiger partial charge in [-0.25, -0.2) is 9.78 Å². The van der Waals surface area contributed by atoms with Gasteiger partial charge >= 0.3 is 5.97 Å². The van der Waals surface area contributed by atoms with E-state index >= 15 is 0 Å². The van der Waals surface area contributed by atoms with Crippen molar-refractivity contribution in [2.24, 2.45) is 0 Å². The van der Waals surface area contributed by atoms with E-state index in [4.69, 9.17) is 9.84 Å². The summed E-state index contributed by atoms with van der Waals surface area (Å²) >= 11 is 1.58. The Kier molecular flexibility index (Phi) is 3.89. The molecular weight excluding hydrogens is 298 g/mol. The molecule has 110 valence electrons. The number of hydrogen-bond donors (Lipinski definition) is 1. The van der Waals surface area contributed by atoms with Crippen molar-refractivity contribution in [2.45, 2.75) is 0 Å². The van der Waals surface area contributed by atoms with E-state index in [0.717, 1.165) is 26.5 Å². The first kappa shape index (κ1) is 14.3. The maximum Gasteiger partial charge on any atom is 0.335 e. The van der Waals surface area contributed by atoms with Crippen molar-refractivity contribution in [1.29, 1.82) is 0 Å². The van der Waals surface area contributed by atoms with Crippen molar-refractivity contribution in [3.63, 3.8) is 0 Å². The van der Waals surface area contributed by atoms with Crippen LogP contribution in [0, 0.1) is 0 Å². The first-order chi connectivity index (χ1) is 10.7.